The first-order valence-electron chi connectivity index (χ1n) is 4.16. The van der Waals surface area contributed by atoms with E-state index in [0.29, 0.717) is 6.61 Å². The van der Waals surface area contributed by atoms with Crippen LogP contribution in [0.2, 0.25) is 0 Å². The van der Waals surface area contributed by atoms with Gasteiger partial charge in [-0.05, 0) is 13.8 Å². The zero-order chi connectivity index (χ0) is 10.3. The summed E-state index contributed by atoms with van der Waals surface area (Å²) in [4.78, 5) is 21.6. The van der Waals surface area contributed by atoms with Crippen LogP contribution in [0, 0.1) is 0 Å². The minimum Gasteiger partial charge on any atom is -0.465 e. The SMILES string of the molecule is CCOC(=O)CNC(=O)CC(C)O. The molecule has 0 aromatic carbocycles. The maximum atomic E-state index is 10.9. The Labute approximate surface area is 77.1 Å². The molecule has 1 unspecified atom stereocenters. The third kappa shape index (κ3) is 7.27. The highest BCUT2D eigenvalue weighted by atomic mass is 16.5. The van der Waals surface area contributed by atoms with Crippen LogP contribution < -0.4 is 5.32 Å². The lowest BCUT2D eigenvalue weighted by Gasteiger charge is -2.05. The lowest BCUT2D eigenvalue weighted by Crippen LogP contribution is -2.32. The van der Waals surface area contributed by atoms with Crippen LogP contribution in [0.4, 0.5) is 0 Å². The number of aliphatic hydroxyl groups excluding tert-OH is 1. The van der Waals surface area contributed by atoms with Crippen LogP contribution in [0.5, 0.6) is 0 Å². The van der Waals surface area contributed by atoms with Gasteiger partial charge in [0.25, 0.3) is 0 Å². The molecule has 5 nitrogen and oxygen atoms in total. The molecular weight excluding hydrogens is 174 g/mol. The highest BCUT2D eigenvalue weighted by Gasteiger charge is 2.07. The van der Waals surface area contributed by atoms with E-state index in [1.54, 1.807) is 6.92 Å². The van der Waals surface area contributed by atoms with Crippen molar-refractivity contribution in [3.05, 3.63) is 0 Å². The number of aliphatic hydroxyl groups is 1. The first-order valence-corrected chi connectivity index (χ1v) is 4.16. The zero-order valence-electron chi connectivity index (χ0n) is 7.87. The van der Waals surface area contributed by atoms with Gasteiger partial charge in [-0.1, -0.05) is 0 Å². The summed E-state index contributed by atoms with van der Waals surface area (Å²) in [7, 11) is 0. The Bertz CT molecular complexity index is 179. The molecule has 76 valence electrons. The second-order valence-corrected chi connectivity index (χ2v) is 2.63. The van der Waals surface area contributed by atoms with E-state index in [2.05, 4.69) is 10.1 Å². The van der Waals surface area contributed by atoms with Gasteiger partial charge in [-0.2, -0.15) is 0 Å². The third-order valence-corrected chi connectivity index (χ3v) is 1.22. The first kappa shape index (κ1) is 11.9. The molecule has 0 saturated carbocycles. The number of carbonyl (C=O) groups excluding carboxylic acids is 2. The second-order valence-electron chi connectivity index (χ2n) is 2.63. The van der Waals surface area contributed by atoms with Crippen molar-refractivity contribution in [2.45, 2.75) is 26.4 Å². The van der Waals surface area contributed by atoms with Gasteiger partial charge in [0.15, 0.2) is 0 Å². The molecule has 1 atom stereocenters. The standard InChI is InChI=1S/C8H15NO4/c1-3-13-8(12)5-9-7(11)4-6(2)10/h6,10H,3-5H2,1-2H3,(H,9,11). The van der Waals surface area contributed by atoms with E-state index in [1.807, 2.05) is 0 Å². The van der Waals surface area contributed by atoms with Crippen molar-refractivity contribution in [1.82, 2.24) is 5.32 Å². The number of ether oxygens (including phenoxy) is 1. The Morgan fingerprint density at radius 2 is 2.15 bits per heavy atom. The molecule has 13 heavy (non-hydrogen) atoms. The molecule has 0 aliphatic heterocycles. The number of hydrogen-bond donors (Lipinski definition) is 2. The monoisotopic (exact) mass is 189 g/mol. The van der Waals surface area contributed by atoms with E-state index in [9.17, 15) is 9.59 Å². The average Bonchev–Trinajstić information content (AvgIpc) is 2.00. The van der Waals surface area contributed by atoms with Gasteiger partial charge in [0.2, 0.25) is 5.91 Å². The Kier molecular flexibility index (Phi) is 5.88. The molecule has 0 spiro atoms. The molecule has 0 aromatic rings. The van der Waals surface area contributed by atoms with E-state index >= 15 is 0 Å². The number of rotatable bonds is 5. The fourth-order valence-electron chi connectivity index (χ4n) is 0.723. The molecule has 0 aliphatic rings. The lowest BCUT2D eigenvalue weighted by atomic mass is 10.3. The number of hydrogen-bond acceptors (Lipinski definition) is 4. The Hall–Kier alpha value is -1.10. The molecule has 0 saturated heterocycles. The van der Waals surface area contributed by atoms with E-state index in [1.165, 1.54) is 6.92 Å². The first-order chi connectivity index (χ1) is 6.06. The molecule has 0 radical (unpaired) electrons. The largest absolute Gasteiger partial charge is 0.465 e. The molecule has 0 bridgehead atoms. The molecular formula is C8H15NO4. The minimum atomic E-state index is -0.692. The molecule has 1 amide bonds. The van der Waals surface area contributed by atoms with Gasteiger partial charge < -0.3 is 15.2 Å². The summed E-state index contributed by atoms with van der Waals surface area (Å²) in [5.74, 6) is -0.829. The number of nitrogens with one attached hydrogen (secondary N) is 1. The van der Waals surface area contributed by atoms with Crippen LogP contribution in [-0.2, 0) is 14.3 Å². The van der Waals surface area contributed by atoms with Crippen LogP contribution in [0.3, 0.4) is 0 Å². The highest BCUT2D eigenvalue weighted by Crippen LogP contribution is 1.88. The van der Waals surface area contributed by atoms with Gasteiger partial charge >= 0.3 is 5.97 Å². The maximum Gasteiger partial charge on any atom is 0.325 e. The highest BCUT2D eigenvalue weighted by molar-refractivity contribution is 5.82. The smallest absolute Gasteiger partial charge is 0.325 e. The summed E-state index contributed by atoms with van der Waals surface area (Å²) in [5, 5.41) is 11.1. The third-order valence-electron chi connectivity index (χ3n) is 1.22. The summed E-state index contributed by atoms with van der Waals surface area (Å²) in [5.41, 5.74) is 0. The molecule has 0 fully saturated rings. The van der Waals surface area contributed by atoms with E-state index in [-0.39, 0.29) is 18.9 Å². The summed E-state index contributed by atoms with van der Waals surface area (Å²) >= 11 is 0. The van der Waals surface area contributed by atoms with Gasteiger partial charge in [-0.25, -0.2) is 0 Å². The van der Waals surface area contributed by atoms with Crippen molar-refractivity contribution < 1.29 is 19.4 Å². The van der Waals surface area contributed by atoms with Gasteiger partial charge in [0.1, 0.15) is 6.54 Å². The normalized spacial score (nSPS) is 11.9. The van der Waals surface area contributed by atoms with Crippen molar-refractivity contribution >= 4 is 11.9 Å². The topological polar surface area (TPSA) is 75.6 Å². The van der Waals surface area contributed by atoms with Crippen molar-refractivity contribution in [2.24, 2.45) is 0 Å². The average molecular weight is 189 g/mol. The van der Waals surface area contributed by atoms with Gasteiger partial charge in [0.05, 0.1) is 19.1 Å². The summed E-state index contributed by atoms with van der Waals surface area (Å²) in [6.07, 6.45) is -0.693. The van der Waals surface area contributed by atoms with Crippen molar-refractivity contribution in [3.63, 3.8) is 0 Å². The Morgan fingerprint density at radius 3 is 2.62 bits per heavy atom. The van der Waals surface area contributed by atoms with Gasteiger partial charge in [-0.15, -0.1) is 0 Å². The van der Waals surface area contributed by atoms with E-state index in [0.717, 1.165) is 0 Å². The minimum absolute atomic E-state index is 0.000590. The fraction of sp³-hybridized carbons (Fsp3) is 0.750. The zero-order valence-corrected chi connectivity index (χ0v) is 7.87. The van der Waals surface area contributed by atoms with Crippen LogP contribution in [-0.4, -0.2) is 36.2 Å². The predicted molar refractivity (Wildman–Crippen MR) is 45.9 cm³/mol. The number of carbonyl (C=O) groups is 2. The van der Waals surface area contributed by atoms with E-state index in [4.69, 9.17) is 5.11 Å². The Balaban J connectivity index is 3.52. The summed E-state index contributed by atoms with van der Waals surface area (Å²) < 4.78 is 4.58. The number of esters is 1. The molecule has 0 aliphatic carbocycles. The van der Waals surface area contributed by atoms with Crippen molar-refractivity contribution in [2.75, 3.05) is 13.2 Å². The Morgan fingerprint density at radius 1 is 1.54 bits per heavy atom. The lowest BCUT2D eigenvalue weighted by molar-refractivity contribution is -0.143. The summed E-state index contributed by atoms with van der Waals surface area (Å²) in [6.45, 7) is 3.35. The van der Waals surface area contributed by atoms with Crippen LogP contribution >= 0.6 is 0 Å². The van der Waals surface area contributed by atoms with Crippen molar-refractivity contribution in [3.8, 4) is 0 Å². The van der Waals surface area contributed by atoms with Gasteiger partial charge in [0, 0.05) is 0 Å². The second kappa shape index (κ2) is 6.42. The summed E-state index contributed by atoms with van der Waals surface area (Å²) in [6, 6.07) is 0. The maximum absolute atomic E-state index is 10.9. The number of amides is 1. The molecule has 2 N–H and O–H groups in total. The van der Waals surface area contributed by atoms with E-state index < -0.39 is 12.1 Å². The molecule has 0 heterocycles. The molecule has 0 aromatic heterocycles. The molecule has 0 rings (SSSR count). The fourth-order valence-corrected chi connectivity index (χ4v) is 0.723. The van der Waals surface area contributed by atoms with Crippen LogP contribution in [0.15, 0.2) is 0 Å². The van der Waals surface area contributed by atoms with Crippen LogP contribution in [0.1, 0.15) is 20.3 Å². The predicted octanol–water partition coefficient (Wildman–Crippen LogP) is -0.563. The van der Waals surface area contributed by atoms with Gasteiger partial charge in [-0.3, -0.25) is 9.59 Å². The quantitative estimate of drug-likeness (QED) is 0.568. The molecule has 5 heteroatoms. The van der Waals surface area contributed by atoms with Crippen molar-refractivity contribution in [1.29, 1.82) is 0 Å². The van der Waals surface area contributed by atoms with Crippen LogP contribution in [0.25, 0.3) is 0 Å².